The van der Waals surface area contributed by atoms with Crippen molar-refractivity contribution in [2.24, 2.45) is 51.2 Å². The van der Waals surface area contributed by atoms with Crippen LogP contribution in [0.5, 0.6) is 0 Å². The van der Waals surface area contributed by atoms with Gasteiger partial charge in [-0.1, -0.05) is 66.0 Å². The van der Waals surface area contributed by atoms with E-state index in [0.29, 0.717) is 21.7 Å². The third-order valence-electron chi connectivity index (χ3n) is 11.7. The first kappa shape index (κ1) is 19.7. The van der Waals surface area contributed by atoms with Crippen molar-refractivity contribution in [1.82, 2.24) is 0 Å². The monoisotopic (exact) mass is 382 g/mol. The summed E-state index contributed by atoms with van der Waals surface area (Å²) < 4.78 is 0. The first-order valence-corrected chi connectivity index (χ1v) is 12.8. The van der Waals surface area contributed by atoms with E-state index in [9.17, 15) is 0 Å². The van der Waals surface area contributed by atoms with Crippen LogP contribution < -0.4 is 0 Å². The molecule has 0 aliphatic heterocycles. The van der Waals surface area contributed by atoms with Crippen LogP contribution in [0.2, 0.25) is 0 Å². The molecule has 8 unspecified atom stereocenters. The zero-order valence-corrected chi connectivity index (χ0v) is 19.7. The molecule has 0 saturated heterocycles. The zero-order chi connectivity index (χ0) is 19.9. The van der Waals surface area contributed by atoms with Gasteiger partial charge in [-0.25, -0.2) is 0 Å². The summed E-state index contributed by atoms with van der Waals surface area (Å²) in [4.78, 5) is 0. The van der Waals surface area contributed by atoms with E-state index in [4.69, 9.17) is 0 Å². The van der Waals surface area contributed by atoms with Gasteiger partial charge in [0.1, 0.15) is 0 Å². The second-order valence-corrected chi connectivity index (χ2v) is 13.7. The minimum atomic E-state index is 0.549. The molecule has 5 aliphatic rings. The molecule has 0 aromatic heterocycles. The summed E-state index contributed by atoms with van der Waals surface area (Å²) in [6.07, 6.45) is 19.1. The minimum absolute atomic E-state index is 0.549. The Bertz CT molecular complexity index is 670. The van der Waals surface area contributed by atoms with E-state index in [1.54, 1.807) is 0 Å². The van der Waals surface area contributed by atoms with Crippen LogP contribution in [0.1, 0.15) is 112 Å². The molecule has 158 valence electrons. The van der Waals surface area contributed by atoms with Crippen molar-refractivity contribution in [2.45, 2.75) is 112 Å². The van der Waals surface area contributed by atoms with Gasteiger partial charge in [0.05, 0.1) is 0 Å². The summed E-state index contributed by atoms with van der Waals surface area (Å²) in [5.74, 6) is 4.67. The molecule has 0 amide bonds. The fourth-order valence-electron chi connectivity index (χ4n) is 9.89. The van der Waals surface area contributed by atoms with Gasteiger partial charge in [-0.15, -0.1) is 0 Å². The van der Waals surface area contributed by atoms with Crippen molar-refractivity contribution in [3.05, 3.63) is 11.6 Å². The van der Waals surface area contributed by atoms with Crippen molar-refractivity contribution in [3.8, 4) is 0 Å². The largest absolute Gasteiger partial charge is 0.0844 e. The quantitative estimate of drug-likeness (QED) is 0.369. The third-order valence-corrected chi connectivity index (χ3v) is 11.7. The van der Waals surface area contributed by atoms with E-state index >= 15 is 0 Å². The fourth-order valence-corrected chi connectivity index (χ4v) is 9.89. The van der Waals surface area contributed by atoms with Crippen LogP contribution in [0.15, 0.2) is 11.6 Å². The SMILES string of the molecule is CC1CCCC2(C)C1CCC1(C)C3CCC4(C)CCC(C)(C)CC4C3=CCC12. The van der Waals surface area contributed by atoms with E-state index in [1.165, 1.54) is 70.6 Å². The summed E-state index contributed by atoms with van der Waals surface area (Å²) in [5.41, 5.74) is 4.29. The van der Waals surface area contributed by atoms with E-state index in [-0.39, 0.29) is 0 Å². The van der Waals surface area contributed by atoms with Crippen molar-refractivity contribution < 1.29 is 0 Å². The van der Waals surface area contributed by atoms with Gasteiger partial charge in [-0.05, 0) is 109 Å². The van der Waals surface area contributed by atoms with Gasteiger partial charge in [0.2, 0.25) is 0 Å². The molecule has 0 radical (unpaired) electrons. The van der Waals surface area contributed by atoms with Gasteiger partial charge < -0.3 is 0 Å². The van der Waals surface area contributed by atoms with Crippen molar-refractivity contribution in [2.75, 3.05) is 0 Å². The number of hydrogen-bond acceptors (Lipinski definition) is 0. The van der Waals surface area contributed by atoms with E-state index in [1.807, 2.05) is 5.57 Å². The third kappa shape index (κ3) is 2.61. The van der Waals surface area contributed by atoms with E-state index in [0.717, 1.165) is 29.6 Å². The standard InChI is InChI=1S/C28H46/c1-19-8-7-13-27(5)21(19)12-15-28(6)22-11-14-26(4)17-16-25(2,3)18-23(26)20(22)9-10-24(27)28/h9,19,21-24H,7-8,10-18H2,1-6H3. The van der Waals surface area contributed by atoms with Crippen LogP contribution in [0.25, 0.3) is 0 Å². The van der Waals surface area contributed by atoms with Gasteiger partial charge in [0.15, 0.2) is 0 Å². The van der Waals surface area contributed by atoms with Gasteiger partial charge >= 0.3 is 0 Å². The molecule has 0 heterocycles. The molecule has 4 saturated carbocycles. The number of hydrogen-bond donors (Lipinski definition) is 0. The molecule has 5 rings (SSSR count). The van der Waals surface area contributed by atoms with Crippen LogP contribution in [0.4, 0.5) is 0 Å². The normalized spacial score (nSPS) is 55.2. The maximum Gasteiger partial charge on any atom is -0.0141 e. The van der Waals surface area contributed by atoms with Gasteiger partial charge in [-0.3, -0.25) is 0 Å². The summed E-state index contributed by atoms with van der Waals surface area (Å²) in [5, 5.41) is 0. The highest BCUT2D eigenvalue weighted by Gasteiger charge is 2.61. The highest BCUT2D eigenvalue weighted by Crippen LogP contribution is 2.70. The minimum Gasteiger partial charge on any atom is -0.0844 e. The lowest BCUT2D eigenvalue weighted by Gasteiger charge is -2.66. The topological polar surface area (TPSA) is 0 Å². The Hall–Kier alpha value is -0.260. The molecule has 8 atom stereocenters. The molecule has 0 aromatic rings. The molecular weight excluding hydrogens is 336 g/mol. The van der Waals surface area contributed by atoms with Crippen molar-refractivity contribution in [1.29, 1.82) is 0 Å². The highest BCUT2D eigenvalue weighted by atomic mass is 14.7. The molecule has 28 heavy (non-hydrogen) atoms. The predicted molar refractivity (Wildman–Crippen MR) is 120 cm³/mol. The highest BCUT2D eigenvalue weighted by molar-refractivity contribution is 5.28. The number of rotatable bonds is 0. The lowest BCUT2D eigenvalue weighted by atomic mass is 9.39. The first-order valence-electron chi connectivity index (χ1n) is 12.8. The molecule has 5 aliphatic carbocycles. The average Bonchev–Trinajstić information content (AvgIpc) is 2.61. The zero-order valence-electron chi connectivity index (χ0n) is 19.7. The van der Waals surface area contributed by atoms with Gasteiger partial charge in [0, 0.05) is 0 Å². The van der Waals surface area contributed by atoms with Gasteiger partial charge in [-0.2, -0.15) is 0 Å². The molecule has 0 nitrogen and oxygen atoms in total. The molecule has 0 heteroatoms. The number of allylic oxidation sites excluding steroid dienone is 2. The Morgan fingerprint density at radius 3 is 2.36 bits per heavy atom. The maximum absolute atomic E-state index is 2.84. The molecule has 0 N–H and O–H groups in total. The Morgan fingerprint density at radius 1 is 0.786 bits per heavy atom. The van der Waals surface area contributed by atoms with Crippen LogP contribution in [0.3, 0.4) is 0 Å². The Morgan fingerprint density at radius 2 is 1.57 bits per heavy atom. The molecule has 4 fully saturated rings. The predicted octanol–water partition coefficient (Wildman–Crippen LogP) is 8.42. The first-order chi connectivity index (χ1) is 13.1. The number of fused-ring (bicyclic) bond motifs is 7. The van der Waals surface area contributed by atoms with Crippen LogP contribution in [-0.2, 0) is 0 Å². The Kier molecular flexibility index (Phi) is 4.31. The summed E-state index contributed by atoms with van der Waals surface area (Å²) in [7, 11) is 0. The lowest BCUT2D eigenvalue weighted by Crippen LogP contribution is -2.58. The summed E-state index contributed by atoms with van der Waals surface area (Å²) in [6, 6.07) is 0. The fraction of sp³-hybridized carbons (Fsp3) is 0.929. The Labute approximate surface area is 175 Å². The second-order valence-electron chi connectivity index (χ2n) is 13.7. The van der Waals surface area contributed by atoms with E-state index in [2.05, 4.69) is 47.6 Å². The van der Waals surface area contributed by atoms with Crippen molar-refractivity contribution in [3.63, 3.8) is 0 Å². The maximum atomic E-state index is 2.84. The average molecular weight is 383 g/mol. The molecule has 0 aromatic carbocycles. The van der Waals surface area contributed by atoms with Crippen LogP contribution in [-0.4, -0.2) is 0 Å². The summed E-state index contributed by atoms with van der Waals surface area (Å²) in [6.45, 7) is 15.8. The smallest absolute Gasteiger partial charge is 0.0141 e. The van der Waals surface area contributed by atoms with Crippen molar-refractivity contribution >= 4 is 0 Å². The molecule has 0 bridgehead atoms. The summed E-state index contributed by atoms with van der Waals surface area (Å²) >= 11 is 0. The van der Waals surface area contributed by atoms with Crippen LogP contribution >= 0.6 is 0 Å². The van der Waals surface area contributed by atoms with Gasteiger partial charge in [0.25, 0.3) is 0 Å². The molecular formula is C28H46. The molecule has 0 spiro atoms. The Balaban J connectivity index is 1.52. The lowest BCUT2D eigenvalue weighted by molar-refractivity contribution is -0.134. The second kappa shape index (κ2) is 6.13. The van der Waals surface area contributed by atoms with Crippen LogP contribution in [0, 0.1) is 51.2 Å². The van der Waals surface area contributed by atoms with E-state index < -0.39 is 0 Å².